The zero-order valence-electron chi connectivity index (χ0n) is 13.6. The van der Waals surface area contributed by atoms with Gasteiger partial charge in [-0.25, -0.2) is 9.10 Å². The van der Waals surface area contributed by atoms with E-state index in [1.165, 1.54) is 17.7 Å². The Balaban J connectivity index is 1.51. The molecule has 1 aliphatic rings. The lowest BCUT2D eigenvalue weighted by Gasteiger charge is -2.13. The predicted molar refractivity (Wildman–Crippen MR) is 98.7 cm³/mol. The smallest absolute Gasteiger partial charge is 0.323 e. The van der Waals surface area contributed by atoms with Crippen LogP contribution in [0.15, 0.2) is 53.4 Å². The van der Waals surface area contributed by atoms with Crippen LogP contribution in [0.25, 0.3) is 0 Å². The van der Waals surface area contributed by atoms with Crippen LogP contribution >= 0.6 is 11.9 Å². The molecule has 0 radical (unpaired) electrons. The van der Waals surface area contributed by atoms with Gasteiger partial charge in [-0.3, -0.25) is 0 Å². The first kappa shape index (κ1) is 16.7. The van der Waals surface area contributed by atoms with Crippen molar-refractivity contribution in [1.29, 1.82) is 0 Å². The number of anilines is 2. The summed E-state index contributed by atoms with van der Waals surface area (Å²) < 4.78 is 7.47. The standard InChI is InChI=1S/C18H21N3O2S/c1-23-16-8-4-14(5-9-16)19-18(22)20-15-6-10-17(11-7-15)24-21-12-2-3-13-21/h4-11H,2-3,12-13H2,1H3,(H2,19,20,22). The maximum absolute atomic E-state index is 12.0. The average Bonchev–Trinajstić information content (AvgIpc) is 3.10. The highest BCUT2D eigenvalue weighted by atomic mass is 32.2. The molecule has 126 valence electrons. The molecule has 1 heterocycles. The van der Waals surface area contributed by atoms with Crippen molar-refractivity contribution in [1.82, 2.24) is 4.31 Å². The highest BCUT2D eigenvalue weighted by Gasteiger charge is 2.12. The van der Waals surface area contributed by atoms with E-state index < -0.39 is 0 Å². The number of nitrogens with zero attached hydrogens (tertiary/aromatic N) is 1. The van der Waals surface area contributed by atoms with E-state index in [0.29, 0.717) is 0 Å². The Morgan fingerprint density at radius 3 is 2.04 bits per heavy atom. The Morgan fingerprint density at radius 2 is 1.50 bits per heavy atom. The summed E-state index contributed by atoms with van der Waals surface area (Å²) >= 11 is 1.78. The number of nitrogens with one attached hydrogen (secondary N) is 2. The van der Waals surface area contributed by atoms with E-state index in [1.807, 2.05) is 24.3 Å². The average molecular weight is 343 g/mol. The minimum atomic E-state index is -0.264. The molecule has 0 atom stereocenters. The van der Waals surface area contributed by atoms with Gasteiger partial charge in [0.1, 0.15) is 5.75 Å². The maximum atomic E-state index is 12.0. The van der Waals surface area contributed by atoms with Crippen LogP contribution in [-0.4, -0.2) is 30.5 Å². The topological polar surface area (TPSA) is 53.6 Å². The summed E-state index contributed by atoms with van der Waals surface area (Å²) in [6, 6.07) is 14.9. The van der Waals surface area contributed by atoms with E-state index in [4.69, 9.17) is 4.74 Å². The van der Waals surface area contributed by atoms with Crippen LogP contribution in [0.1, 0.15) is 12.8 Å². The Hall–Kier alpha value is -2.18. The van der Waals surface area contributed by atoms with Crippen LogP contribution in [-0.2, 0) is 0 Å². The van der Waals surface area contributed by atoms with E-state index in [9.17, 15) is 4.79 Å². The van der Waals surface area contributed by atoms with Crippen LogP contribution in [0.5, 0.6) is 5.75 Å². The van der Waals surface area contributed by atoms with Gasteiger partial charge in [0.05, 0.1) is 7.11 Å². The SMILES string of the molecule is COc1ccc(NC(=O)Nc2ccc(SN3CCCC3)cc2)cc1. The summed E-state index contributed by atoms with van der Waals surface area (Å²) in [5, 5.41) is 5.63. The number of ether oxygens (including phenoxy) is 1. The summed E-state index contributed by atoms with van der Waals surface area (Å²) in [6.07, 6.45) is 2.55. The van der Waals surface area contributed by atoms with Crippen LogP contribution in [0.3, 0.4) is 0 Å². The second-order valence-corrected chi connectivity index (χ2v) is 6.73. The highest BCUT2D eigenvalue weighted by Crippen LogP contribution is 2.27. The predicted octanol–water partition coefficient (Wildman–Crippen LogP) is 4.44. The number of rotatable bonds is 5. The molecule has 0 unspecified atom stereocenters. The van der Waals surface area contributed by atoms with Crippen molar-refractivity contribution < 1.29 is 9.53 Å². The zero-order chi connectivity index (χ0) is 16.8. The molecule has 0 aromatic heterocycles. The Bertz CT molecular complexity index is 668. The molecule has 1 aliphatic heterocycles. The second kappa shape index (κ2) is 8.08. The molecule has 0 bridgehead atoms. The van der Waals surface area contributed by atoms with Gasteiger partial charge in [0.25, 0.3) is 0 Å². The molecule has 6 heteroatoms. The van der Waals surface area contributed by atoms with Gasteiger partial charge in [-0.1, -0.05) is 0 Å². The third-order valence-corrected chi connectivity index (χ3v) is 4.87. The van der Waals surface area contributed by atoms with Gasteiger partial charge in [-0.2, -0.15) is 0 Å². The van der Waals surface area contributed by atoms with Crippen molar-refractivity contribution in [2.45, 2.75) is 17.7 Å². The number of methoxy groups -OCH3 is 1. The molecule has 3 rings (SSSR count). The van der Waals surface area contributed by atoms with Gasteiger partial charge >= 0.3 is 6.03 Å². The summed E-state index contributed by atoms with van der Waals surface area (Å²) in [5.74, 6) is 0.757. The summed E-state index contributed by atoms with van der Waals surface area (Å²) in [4.78, 5) is 13.2. The summed E-state index contributed by atoms with van der Waals surface area (Å²) in [7, 11) is 1.61. The fraction of sp³-hybridized carbons (Fsp3) is 0.278. The Morgan fingerprint density at radius 1 is 0.958 bits per heavy atom. The first-order chi connectivity index (χ1) is 11.7. The van der Waals surface area contributed by atoms with Crippen molar-refractivity contribution >= 4 is 29.4 Å². The quantitative estimate of drug-likeness (QED) is 0.788. The fourth-order valence-corrected chi connectivity index (χ4v) is 3.49. The van der Waals surface area contributed by atoms with E-state index in [1.54, 1.807) is 43.3 Å². The van der Waals surface area contributed by atoms with Crippen LogP contribution in [0.2, 0.25) is 0 Å². The molecule has 2 aromatic carbocycles. The van der Waals surface area contributed by atoms with Gasteiger partial charge in [-0.15, -0.1) is 0 Å². The van der Waals surface area contributed by atoms with Crippen molar-refractivity contribution in [3.8, 4) is 5.75 Å². The number of hydrogen-bond donors (Lipinski definition) is 2. The van der Waals surface area contributed by atoms with Gasteiger partial charge in [0.15, 0.2) is 0 Å². The molecule has 0 aliphatic carbocycles. The van der Waals surface area contributed by atoms with Crippen LogP contribution < -0.4 is 15.4 Å². The van der Waals surface area contributed by atoms with Gasteiger partial charge in [0, 0.05) is 29.4 Å². The minimum absolute atomic E-state index is 0.264. The molecule has 0 saturated carbocycles. The fourth-order valence-electron chi connectivity index (χ4n) is 2.50. The number of carbonyl (C=O) groups is 1. The molecule has 2 aromatic rings. The molecule has 2 N–H and O–H groups in total. The first-order valence-electron chi connectivity index (χ1n) is 7.98. The number of hydrogen-bond acceptors (Lipinski definition) is 4. The number of urea groups is 1. The second-order valence-electron chi connectivity index (χ2n) is 5.56. The number of benzene rings is 2. The van der Waals surface area contributed by atoms with Crippen molar-refractivity contribution in [3.63, 3.8) is 0 Å². The molecule has 24 heavy (non-hydrogen) atoms. The highest BCUT2D eigenvalue weighted by molar-refractivity contribution is 7.97. The summed E-state index contributed by atoms with van der Waals surface area (Å²) in [5.41, 5.74) is 1.49. The van der Waals surface area contributed by atoms with E-state index >= 15 is 0 Å². The van der Waals surface area contributed by atoms with Crippen molar-refractivity contribution in [3.05, 3.63) is 48.5 Å². The lowest BCUT2D eigenvalue weighted by molar-refractivity contribution is 0.262. The van der Waals surface area contributed by atoms with Crippen molar-refractivity contribution in [2.24, 2.45) is 0 Å². The molecule has 5 nitrogen and oxygen atoms in total. The van der Waals surface area contributed by atoms with Gasteiger partial charge < -0.3 is 15.4 Å². The van der Waals surface area contributed by atoms with Crippen LogP contribution in [0.4, 0.5) is 16.2 Å². The molecule has 0 spiro atoms. The van der Waals surface area contributed by atoms with Crippen LogP contribution in [0, 0.1) is 0 Å². The molecule has 1 fully saturated rings. The minimum Gasteiger partial charge on any atom is -0.497 e. The lowest BCUT2D eigenvalue weighted by atomic mass is 10.3. The van der Waals surface area contributed by atoms with E-state index in [0.717, 1.165) is 30.2 Å². The third-order valence-electron chi connectivity index (χ3n) is 3.76. The lowest BCUT2D eigenvalue weighted by Crippen LogP contribution is -2.19. The first-order valence-corrected chi connectivity index (χ1v) is 8.75. The normalized spacial score (nSPS) is 14.4. The third kappa shape index (κ3) is 4.66. The number of amides is 2. The summed E-state index contributed by atoms with van der Waals surface area (Å²) in [6.45, 7) is 2.30. The Labute approximate surface area is 146 Å². The molecular weight excluding hydrogens is 322 g/mol. The monoisotopic (exact) mass is 343 g/mol. The maximum Gasteiger partial charge on any atom is 0.323 e. The van der Waals surface area contributed by atoms with Gasteiger partial charge in [0.2, 0.25) is 0 Å². The molecular formula is C18H21N3O2S. The van der Waals surface area contributed by atoms with Crippen molar-refractivity contribution in [2.75, 3.05) is 30.8 Å². The Kier molecular flexibility index (Phi) is 5.61. The zero-order valence-corrected chi connectivity index (χ0v) is 14.4. The number of carbonyl (C=O) groups excluding carboxylic acids is 1. The van der Waals surface area contributed by atoms with E-state index in [2.05, 4.69) is 14.9 Å². The molecule has 2 amide bonds. The van der Waals surface area contributed by atoms with Gasteiger partial charge in [-0.05, 0) is 73.3 Å². The van der Waals surface area contributed by atoms with E-state index in [-0.39, 0.29) is 6.03 Å². The molecule has 1 saturated heterocycles. The largest absolute Gasteiger partial charge is 0.497 e.